The Labute approximate surface area is 363 Å². The molecule has 2 aromatic heterocycles. The lowest BCUT2D eigenvalue weighted by molar-refractivity contribution is 0.00848. The third-order valence-corrected chi connectivity index (χ3v) is 11.3. The van der Waals surface area contributed by atoms with Crippen molar-refractivity contribution in [2.45, 2.75) is 24.1 Å². The van der Waals surface area contributed by atoms with Crippen LogP contribution in [-0.2, 0) is 15.0 Å². The Morgan fingerprint density at radius 2 is 1.08 bits per heavy atom. The predicted octanol–water partition coefficient (Wildman–Crippen LogP) is 9.65. The molecule has 1 aliphatic carbocycles. The lowest BCUT2D eigenvalue weighted by atomic mass is 9.77. The average Bonchev–Trinajstić information content (AvgIpc) is 3.91. The largest absolute Gasteiger partial charge is 0.461 e. The smallest absolute Gasteiger partial charge is 0.344 e. The van der Waals surface area contributed by atoms with Crippen molar-refractivity contribution in [1.82, 2.24) is 19.5 Å². The van der Waals surface area contributed by atoms with Gasteiger partial charge in [0.2, 0.25) is 5.95 Å². The van der Waals surface area contributed by atoms with Gasteiger partial charge in [0.1, 0.15) is 18.2 Å². The molecule has 63 heavy (non-hydrogen) atoms. The van der Waals surface area contributed by atoms with Crippen molar-refractivity contribution in [3.63, 3.8) is 0 Å². The number of anilines is 1. The molecular weight excluding hydrogens is 791 g/mol. The molecule has 0 spiro atoms. The summed E-state index contributed by atoms with van der Waals surface area (Å²) in [7, 11) is 0. The number of aromatic nitrogens is 4. The Bertz CT molecular complexity index is 2780. The molecule has 11 nitrogen and oxygen atoms in total. The molecule has 1 fully saturated rings. The fraction of sp³-hybridized carbons (Fsp3) is 0.115. The molecule has 9 rings (SSSR count). The van der Waals surface area contributed by atoms with Gasteiger partial charge in [-0.1, -0.05) is 152 Å². The molecule has 0 aliphatic heterocycles. The average molecular weight is 832 g/mol. The SMILES string of the molecule is C=C1[C@H](COC(=O)c2ccccc2)[C@@H](OC(=O)c2ccccc2)C[C@@H]1n1cnc2c(OC(=O)c3ccccc3)nc(NC(c3ccccc3)(c3ccccc3)c3ccccc3)nc21. The minimum Gasteiger partial charge on any atom is -0.461 e. The summed E-state index contributed by atoms with van der Waals surface area (Å²) in [6.07, 6.45) is 1.10. The molecule has 6 aromatic carbocycles. The molecule has 0 amide bonds. The van der Waals surface area contributed by atoms with Crippen LogP contribution in [0.5, 0.6) is 5.88 Å². The number of imidazole rings is 1. The molecule has 1 aliphatic rings. The quantitative estimate of drug-likeness (QED) is 0.0680. The first kappa shape index (κ1) is 40.2. The van der Waals surface area contributed by atoms with Crippen LogP contribution in [0.1, 0.15) is 60.2 Å². The molecule has 1 saturated carbocycles. The van der Waals surface area contributed by atoms with Gasteiger partial charge in [-0.25, -0.2) is 19.4 Å². The van der Waals surface area contributed by atoms with E-state index in [2.05, 4.69) is 11.9 Å². The van der Waals surface area contributed by atoms with Crippen LogP contribution in [0.4, 0.5) is 5.95 Å². The van der Waals surface area contributed by atoms with Crippen LogP contribution in [0.15, 0.2) is 200 Å². The van der Waals surface area contributed by atoms with Gasteiger partial charge in [0.25, 0.3) is 5.88 Å². The van der Waals surface area contributed by atoms with Gasteiger partial charge in [-0.2, -0.15) is 9.97 Å². The molecular formula is C52H41N5O6. The van der Waals surface area contributed by atoms with Crippen molar-refractivity contribution in [2.75, 3.05) is 11.9 Å². The number of ether oxygens (including phenoxy) is 3. The summed E-state index contributed by atoms with van der Waals surface area (Å²) in [6.45, 7) is 4.40. The standard InChI is InChI=1S/C52H41N5O6/c1-35-42(33-61-48(58)36-20-8-2-9-21-36)44(62-49(59)37-22-10-3-11-23-37)32-43(35)57-34-53-45-46(57)54-51(55-47(45)63-50(60)38-24-12-4-13-25-38)56-52(39-26-14-5-15-27-39,40-28-16-6-17-29-40)41-30-18-7-19-31-41/h2-31,34,42-44H,1,32-33H2,(H,54,55,56)/t42-,43-,44-/m0/s1. The number of nitrogens with zero attached hydrogens (tertiary/aromatic N) is 4. The minimum absolute atomic E-state index is 0.0674. The predicted molar refractivity (Wildman–Crippen MR) is 238 cm³/mol. The maximum Gasteiger partial charge on any atom is 0.344 e. The van der Waals surface area contributed by atoms with E-state index < -0.39 is 41.5 Å². The van der Waals surface area contributed by atoms with Crippen molar-refractivity contribution in [2.24, 2.45) is 5.92 Å². The van der Waals surface area contributed by atoms with Gasteiger partial charge < -0.3 is 24.1 Å². The van der Waals surface area contributed by atoms with Gasteiger partial charge in [-0.05, 0) is 58.7 Å². The molecule has 2 heterocycles. The second kappa shape index (κ2) is 17.8. The van der Waals surface area contributed by atoms with Crippen molar-refractivity contribution in [3.8, 4) is 5.88 Å². The zero-order chi connectivity index (χ0) is 43.2. The van der Waals surface area contributed by atoms with Gasteiger partial charge in [-0.3, -0.25) is 0 Å². The highest BCUT2D eigenvalue weighted by Crippen LogP contribution is 2.44. The lowest BCUT2D eigenvalue weighted by Crippen LogP contribution is -2.38. The third kappa shape index (κ3) is 8.19. The first-order valence-corrected chi connectivity index (χ1v) is 20.5. The van der Waals surface area contributed by atoms with E-state index in [4.69, 9.17) is 29.2 Å². The van der Waals surface area contributed by atoms with Crippen LogP contribution in [0.3, 0.4) is 0 Å². The number of benzene rings is 6. The van der Waals surface area contributed by atoms with Crippen molar-refractivity contribution >= 4 is 35.0 Å². The van der Waals surface area contributed by atoms with E-state index in [1.165, 1.54) is 0 Å². The first-order chi connectivity index (χ1) is 30.9. The van der Waals surface area contributed by atoms with Crippen LogP contribution in [0.25, 0.3) is 11.2 Å². The summed E-state index contributed by atoms with van der Waals surface area (Å²) in [4.78, 5) is 55.2. The molecule has 0 saturated heterocycles. The zero-order valence-corrected chi connectivity index (χ0v) is 34.0. The second-order valence-corrected chi connectivity index (χ2v) is 15.1. The summed E-state index contributed by atoms with van der Waals surface area (Å²) < 4.78 is 19.9. The Balaban J connectivity index is 1.16. The van der Waals surface area contributed by atoms with Gasteiger partial charge >= 0.3 is 17.9 Å². The second-order valence-electron chi connectivity index (χ2n) is 15.1. The van der Waals surface area contributed by atoms with Gasteiger partial charge in [0, 0.05) is 6.42 Å². The fourth-order valence-corrected chi connectivity index (χ4v) is 8.18. The summed E-state index contributed by atoms with van der Waals surface area (Å²) in [5, 5.41) is 3.71. The molecule has 3 atom stereocenters. The molecule has 8 aromatic rings. The number of carbonyl (C=O) groups is 3. The summed E-state index contributed by atoms with van der Waals surface area (Å²) in [5.41, 5.74) is 3.95. The van der Waals surface area contributed by atoms with Crippen LogP contribution >= 0.6 is 0 Å². The monoisotopic (exact) mass is 831 g/mol. The zero-order valence-electron chi connectivity index (χ0n) is 34.0. The van der Waals surface area contributed by atoms with Gasteiger partial charge in [-0.15, -0.1) is 0 Å². The van der Waals surface area contributed by atoms with Crippen molar-refractivity contribution in [3.05, 3.63) is 234 Å². The number of hydrogen-bond acceptors (Lipinski definition) is 10. The lowest BCUT2D eigenvalue weighted by Gasteiger charge is -2.37. The number of nitrogens with one attached hydrogen (secondary N) is 1. The minimum atomic E-state index is -1.04. The Morgan fingerprint density at radius 3 is 1.59 bits per heavy atom. The van der Waals surface area contributed by atoms with E-state index in [0.717, 1.165) is 16.7 Å². The normalized spacial score (nSPS) is 16.0. The Hall–Kier alpha value is -8.18. The molecule has 310 valence electrons. The maximum absolute atomic E-state index is 13.7. The fourth-order valence-electron chi connectivity index (χ4n) is 8.18. The van der Waals surface area contributed by atoms with E-state index in [-0.39, 0.29) is 30.4 Å². The molecule has 0 radical (unpaired) electrons. The third-order valence-electron chi connectivity index (χ3n) is 11.3. The molecule has 1 N–H and O–H groups in total. The summed E-state index contributed by atoms with van der Waals surface area (Å²) in [5.74, 6) is -2.19. The Kier molecular flexibility index (Phi) is 11.4. The molecule has 0 bridgehead atoms. The van der Waals surface area contributed by atoms with E-state index in [1.54, 1.807) is 79.1 Å². The summed E-state index contributed by atoms with van der Waals surface area (Å²) in [6, 6.07) is 55.5. The van der Waals surface area contributed by atoms with Crippen LogP contribution in [0.2, 0.25) is 0 Å². The van der Waals surface area contributed by atoms with E-state index >= 15 is 0 Å². The highest BCUT2D eigenvalue weighted by atomic mass is 16.6. The number of rotatable bonds is 13. The number of carbonyl (C=O) groups excluding carboxylic acids is 3. The van der Waals surface area contributed by atoms with Gasteiger partial charge in [0.05, 0.1) is 35.0 Å². The number of hydrogen-bond donors (Lipinski definition) is 1. The molecule has 11 heteroatoms. The first-order valence-electron chi connectivity index (χ1n) is 20.5. The maximum atomic E-state index is 13.7. The van der Waals surface area contributed by atoms with E-state index in [9.17, 15) is 14.4 Å². The number of fused-ring (bicyclic) bond motifs is 1. The van der Waals surface area contributed by atoms with Crippen LogP contribution in [0, 0.1) is 5.92 Å². The van der Waals surface area contributed by atoms with Crippen molar-refractivity contribution in [1.29, 1.82) is 0 Å². The van der Waals surface area contributed by atoms with Crippen LogP contribution < -0.4 is 10.1 Å². The van der Waals surface area contributed by atoms with E-state index in [1.807, 2.05) is 114 Å². The van der Waals surface area contributed by atoms with E-state index in [0.29, 0.717) is 27.9 Å². The van der Waals surface area contributed by atoms with Gasteiger partial charge in [0.15, 0.2) is 11.2 Å². The highest BCUT2D eigenvalue weighted by Gasteiger charge is 2.43. The Morgan fingerprint density at radius 1 is 0.619 bits per heavy atom. The number of esters is 3. The highest BCUT2D eigenvalue weighted by molar-refractivity contribution is 5.93. The topological polar surface area (TPSA) is 135 Å². The molecule has 0 unspecified atom stereocenters. The van der Waals surface area contributed by atoms with Crippen LogP contribution in [-0.4, -0.2) is 50.1 Å². The summed E-state index contributed by atoms with van der Waals surface area (Å²) >= 11 is 0. The van der Waals surface area contributed by atoms with Crippen molar-refractivity contribution < 1.29 is 28.6 Å².